The van der Waals surface area contributed by atoms with E-state index < -0.39 is 0 Å². The van der Waals surface area contributed by atoms with E-state index in [9.17, 15) is 5.11 Å². The minimum atomic E-state index is -0.0306. The molecule has 0 radical (unpaired) electrons. The topological polar surface area (TPSA) is 95.9 Å². The van der Waals surface area contributed by atoms with Gasteiger partial charge in [0.1, 0.15) is 17.4 Å². The Morgan fingerprint density at radius 3 is 2.81 bits per heavy atom. The van der Waals surface area contributed by atoms with Gasteiger partial charge in [-0.2, -0.15) is 0 Å². The number of hydrogen-bond acceptors (Lipinski definition) is 7. The fourth-order valence-electron chi connectivity index (χ4n) is 4.65. The summed E-state index contributed by atoms with van der Waals surface area (Å²) in [6.07, 6.45) is 6.45. The third-order valence-electron chi connectivity index (χ3n) is 6.64. The first-order valence-corrected chi connectivity index (χ1v) is 12.8. The molecule has 0 saturated carbocycles. The smallest absolute Gasteiger partial charge is 0.132 e. The zero-order chi connectivity index (χ0) is 25.5. The highest BCUT2D eigenvalue weighted by molar-refractivity contribution is 5.98. The largest absolute Gasteiger partial charge is 0.496 e. The average Bonchev–Trinajstić information content (AvgIpc) is 3.36. The van der Waals surface area contributed by atoms with Crippen molar-refractivity contribution in [2.75, 3.05) is 38.3 Å². The van der Waals surface area contributed by atoms with Crippen LogP contribution in [0.5, 0.6) is 5.75 Å². The Morgan fingerprint density at radius 2 is 1.97 bits per heavy atom. The van der Waals surface area contributed by atoms with Crippen molar-refractivity contribution in [1.29, 1.82) is 0 Å². The summed E-state index contributed by atoms with van der Waals surface area (Å²) in [5, 5.41) is 10.6. The number of methoxy groups -OCH3 is 1. The zero-order valence-electron chi connectivity index (χ0n) is 21.2. The fraction of sp³-hybridized carbons (Fsp3) is 0.345. The summed E-state index contributed by atoms with van der Waals surface area (Å²) in [6.45, 7) is 3.53. The summed E-state index contributed by atoms with van der Waals surface area (Å²) < 4.78 is 10.9. The predicted octanol–water partition coefficient (Wildman–Crippen LogP) is 4.09. The number of aryl methyl sites for hydroxylation is 2. The van der Waals surface area contributed by atoms with E-state index in [4.69, 9.17) is 24.4 Å². The van der Waals surface area contributed by atoms with Crippen molar-refractivity contribution in [3.63, 3.8) is 0 Å². The van der Waals surface area contributed by atoms with Crippen molar-refractivity contribution < 1.29 is 14.6 Å². The lowest BCUT2D eigenvalue weighted by Gasteiger charge is -2.28. The van der Waals surface area contributed by atoms with Crippen LogP contribution in [0.25, 0.3) is 10.9 Å². The van der Waals surface area contributed by atoms with Crippen molar-refractivity contribution in [2.24, 2.45) is 4.99 Å². The summed E-state index contributed by atoms with van der Waals surface area (Å²) in [7, 11) is 1.63. The Labute approximate surface area is 217 Å². The number of hydrogen-bond donors (Lipinski definition) is 2. The van der Waals surface area contributed by atoms with Crippen molar-refractivity contribution in [3.8, 4) is 5.75 Å². The number of aliphatic hydroxyl groups is 1. The molecular weight excluding hydrogens is 466 g/mol. The molecule has 8 heteroatoms. The van der Waals surface area contributed by atoms with Crippen LogP contribution in [0.4, 0.5) is 5.82 Å². The highest BCUT2D eigenvalue weighted by atomic mass is 16.5. The molecule has 1 aliphatic rings. The molecule has 0 atom stereocenters. The number of nitrogens with zero attached hydrogens (tertiary/aromatic N) is 4. The molecule has 192 valence electrons. The Morgan fingerprint density at radius 1 is 1.11 bits per heavy atom. The second-order valence-corrected chi connectivity index (χ2v) is 9.15. The van der Waals surface area contributed by atoms with E-state index in [0.29, 0.717) is 19.8 Å². The maximum absolute atomic E-state index is 9.47. The van der Waals surface area contributed by atoms with Gasteiger partial charge in [0.15, 0.2) is 0 Å². The van der Waals surface area contributed by atoms with Crippen LogP contribution in [0.3, 0.4) is 0 Å². The van der Waals surface area contributed by atoms with Gasteiger partial charge in [0.2, 0.25) is 0 Å². The number of para-hydroxylation sites is 1. The van der Waals surface area contributed by atoms with E-state index in [1.54, 1.807) is 7.11 Å². The summed E-state index contributed by atoms with van der Waals surface area (Å²) in [5.74, 6) is 2.50. The Kier molecular flexibility index (Phi) is 8.08. The van der Waals surface area contributed by atoms with Gasteiger partial charge in [-0.05, 0) is 30.5 Å². The van der Waals surface area contributed by atoms with Crippen molar-refractivity contribution in [1.82, 2.24) is 15.0 Å². The highest BCUT2D eigenvalue weighted by Gasteiger charge is 2.15. The molecule has 1 fully saturated rings. The summed E-state index contributed by atoms with van der Waals surface area (Å²) >= 11 is 0. The van der Waals surface area contributed by atoms with Gasteiger partial charge in [-0.25, -0.2) is 9.97 Å². The molecule has 0 unspecified atom stereocenters. The first-order valence-electron chi connectivity index (χ1n) is 12.8. The van der Waals surface area contributed by atoms with Crippen molar-refractivity contribution >= 4 is 22.9 Å². The van der Waals surface area contributed by atoms with E-state index >= 15 is 0 Å². The lowest BCUT2D eigenvalue weighted by atomic mass is 10.0. The average molecular weight is 500 g/mol. The van der Waals surface area contributed by atoms with E-state index in [1.807, 2.05) is 42.7 Å². The molecule has 0 spiro atoms. The van der Waals surface area contributed by atoms with Crippen LogP contribution < -0.4 is 9.64 Å². The van der Waals surface area contributed by atoms with E-state index in [2.05, 4.69) is 28.1 Å². The maximum atomic E-state index is 9.47. The van der Waals surface area contributed by atoms with Crippen LogP contribution in [0.15, 0.2) is 59.7 Å². The summed E-state index contributed by atoms with van der Waals surface area (Å²) in [6, 6.07) is 16.2. The maximum Gasteiger partial charge on any atom is 0.132 e. The van der Waals surface area contributed by atoms with Gasteiger partial charge >= 0.3 is 0 Å². The molecule has 1 aliphatic heterocycles. The molecular formula is C29H33N5O3. The van der Waals surface area contributed by atoms with Crippen molar-refractivity contribution in [3.05, 3.63) is 82.9 Å². The summed E-state index contributed by atoms with van der Waals surface area (Å²) in [4.78, 5) is 20.0. The van der Waals surface area contributed by atoms with Crippen LogP contribution in [0, 0.1) is 0 Å². The van der Waals surface area contributed by atoms with Gasteiger partial charge in [-0.1, -0.05) is 30.3 Å². The fourth-order valence-corrected chi connectivity index (χ4v) is 4.65. The number of morpholine rings is 1. The second kappa shape index (κ2) is 12.0. The predicted molar refractivity (Wildman–Crippen MR) is 146 cm³/mol. The minimum absolute atomic E-state index is 0.0306. The SMILES string of the molecule is COc1cc(CCCc2nc(CN=Cc3c[nH]c4ccccc34)cc(N3CCOCC3)n2)ccc1CO. The first-order chi connectivity index (χ1) is 18.2. The number of fused-ring (bicyclic) bond motifs is 1. The lowest BCUT2D eigenvalue weighted by Crippen LogP contribution is -2.37. The molecule has 0 bridgehead atoms. The van der Waals surface area contributed by atoms with Crippen LogP contribution in [-0.4, -0.2) is 59.7 Å². The molecule has 3 heterocycles. The van der Waals surface area contributed by atoms with E-state index in [0.717, 1.165) is 77.5 Å². The zero-order valence-corrected chi connectivity index (χ0v) is 21.2. The molecule has 5 rings (SSSR count). The highest BCUT2D eigenvalue weighted by Crippen LogP contribution is 2.22. The molecule has 8 nitrogen and oxygen atoms in total. The molecule has 4 aromatic rings. The number of aromatic nitrogens is 3. The molecule has 2 aromatic carbocycles. The normalized spacial score (nSPS) is 14.1. The van der Waals surface area contributed by atoms with Gasteiger partial charge < -0.3 is 24.5 Å². The third-order valence-corrected chi connectivity index (χ3v) is 6.64. The number of nitrogens with one attached hydrogen (secondary N) is 1. The number of aromatic amines is 1. The molecule has 0 amide bonds. The number of ether oxygens (including phenoxy) is 2. The van der Waals surface area contributed by atoms with Gasteiger partial charge in [0.25, 0.3) is 0 Å². The van der Waals surface area contributed by atoms with E-state index in [1.165, 1.54) is 5.56 Å². The van der Waals surface area contributed by atoms with Gasteiger partial charge in [0, 0.05) is 60.0 Å². The van der Waals surface area contributed by atoms with Crippen LogP contribution in [-0.2, 0) is 30.7 Å². The molecule has 37 heavy (non-hydrogen) atoms. The molecule has 1 saturated heterocycles. The number of rotatable bonds is 10. The second-order valence-electron chi connectivity index (χ2n) is 9.15. The van der Waals surface area contributed by atoms with Gasteiger partial charge in [-0.3, -0.25) is 4.99 Å². The first kappa shape index (κ1) is 24.9. The minimum Gasteiger partial charge on any atom is -0.496 e. The van der Waals surface area contributed by atoms with Gasteiger partial charge in [-0.15, -0.1) is 0 Å². The van der Waals surface area contributed by atoms with Crippen LogP contribution in [0.1, 0.15) is 34.6 Å². The molecule has 0 aliphatic carbocycles. The van der Waals surface area contributed by atoms with Crippen LogP contribution in [0.2, 0.25) is 0 Å². The van der Waals surface area contributed by atoms with E-state index in [-0.39, 0.29) is 6.61 Å². The summed E-state index contributed by atoms with van der Waals surface area (Å²) in [5.41, 5.74) is 5.05. The number of aliphatic imine (C=N–C) groups is 1. The van der Waals surface area contributed by atoms with Crippen LogP contribution >= 0.6 is 0 Å². The Hall–Kier alpha value is -3.75. The van der Waals surface area contributed by atoms with Crippen molar-refractivity contribution in [2.45, 2.75) is 32.4 Å². The Balaban J connectivity index is 1.30. The molecule has 2 N–H and O–H groups in total. The lowest BCUT2D eigenvalue weighted by molar-refractivity contribution is 0.122. The molecule has 2 aromatic heterocycles. The quantitative estimate of drug-likeness (QED) is 0.319. The van der Waals surface area contributed by atoms with Gasteiger partial charge in [0.05, 0.1) is 39.2 Å². The Bertz CT molecular complexity index is 1360. The third kappa shape index (κ3) is 6.15. The number of anilines is 1. The number of H-pyrrole nitrogens is 1. The number of aliphatic hydroxyl groups excluding tert-OH is 1. The monoisotopic (exact) mass is 499 g/mol. The standard InChI is InChI=1S/C29H33N5O3/c1-36-27-15-21(9-10-22(27)20-35)5-4-8-28-32-24(16-29(33-28)34-11-13-37-14-12-34)19-30-17-23-18-31-26-7-3-2-6-25(23)26/h2-3,6-7,9-10,15-18,31,35H,4-5,8,11-14,19-20H2,1H3. The number of benzene rings is 2.